The summed E-state index contributed by atoms with van der Waals surface area (Å²) in [6, 6.07) is 22.9. The Morgan fingerprint density at radius 3 is 1.48 bits per heavy atom. The molecule has 2 fully saturated rings. The van der Waals surface area contributed by atoms with Gasteiger partial charge in [0, 0.05) is 60.4 Å². The van der Waals surface area contributed by atoms with E-state index in [9.17, 15) is 9.90 Å². The van der Waals surface area contributed by atoms with Crippen molar-refractivity contribution < 1.29 is 23.5 Å². The number of hydrogen-bond donors (Lipinski definition) is 3. The number of carbonyl (C=O) groups excluding carboxylic acids is 1. The molecule has 0 saturated carbocycles. The second kappa shape index (κ2) is 22.4. The van der Waals surface area contributed by atoms with Crippen molar-refractivity contribution in [2.75, 3.05) is 47.0 Å². The molecule has 2 aromatic heterocycles. The molecule has 336 valence electrons. The topological polar surface area (TPSA) is 135 Å². The van der Waals surface area contributed by atoms with Crippen molar-refractivity contribution in [3.8, 4) is 11.5 Å². The van der Waals surface area contributed by atoms with Crippen LogP contribution in [0.5, 0.6) is 11.5 Å². The van der Waals surface area contributed by atoms with Gasteiger partial charge in [-0.05, 0) is 122 Å². The van der Waals surface area contributed by atoms with Gasteiger partial charge < -0.3 is 34.2 Å². The van der Waals surface area contributed by atoms with Crippen LogP contribution in [0.15, 0.2) is 85.2 Å². The van der Waals surface area contributed by atoms with E-state index in [1.54, 1.807) is 24.5 Å². The number of nitrogen functional groups attached to an aromatic ring is 1. The van der Waals surface area contributed by atoms with E-state index in [0.29, 0.717) is 11.6 Å². The second-order valence-corrected chi connectivity index (χ2v) is 28.7. The molecule has 0 unspecified atom stereocenters. The lowest BCUT2D eigenvalue weighted by Crippen LogP contribution is -2.43. The Morgan fingerprint density at radius 1 is 0.689 bits per heavy atom. The summed E-state index contributed by atoms with van der Waals surface area (Å²) in [5.74, 6) is 2.51. The van der Waals surface area contributed by atoms with Crippen LogP contribution < -0.4 is 29.7 Å². The van der Waals surface area contributed by atoms with Crippen molar-refractivity contribution in [3.05, 3.63) is 95.2 Å². The molecule has 15 heteroatoms. The summed E-state index contributed by atoms with van der Waals surface area (Å²) in [6.45, 7) is 25.5. The molecule has 2 aromatic carbocycles. The number of rotatable bonds is 8. The molecule has 2 aliphatic rings. The quantitative estimate of drug-likeness (QED) is 0.147. The lowest BCUT2D eigenvalue weighted by atomic mass is 10.1. The summed E-state index contributed by atoms with van der Waals surface area (Å²) in [5.41, 5.74) is 7.85. The van der Waals surface area contributed by atoms with Crippen LogP contribution in [-0.2, 0) is 4.74 Å². The molecule has 4 heterocycles. The van der Waals surface area contributed by atoms with Gasteiger partial charge in [-0.1, -0.05) is 72.2 Å². The zero-order valence-electron chi connectivity index (χ0n) is 37.1. The number of pyridine rings is 2. The van der Waals surface area contributed by atoms with Gasteiger partial charge in [0.2, 0.25) is 0 Å². The third kappa shape index (κ3) is 16.3. The summed E-state index contributed by atoms with van der Waals surface area (Å²) < 4.78 is 17.9. The first kappa shape index (κ1) is 51.3. The number of aromatic nitrogens is 2. The van der Waals surface area contributed by atoms with Gasteiger partial charge in [-0.2, -0.15) is 0 Å². The number of nitrogens with two attached hydrogens (primary N) is 1. The fourth-order valence-electron chi connectivity index (χ4n) is 5.81. The van der Waals surface area contributed by atoms with Crippen LogP contribution in [0.2, 0.25) is 46.3 Å². The van der Waals surface area contributed by atoms with E-state index < -0.39 is 22.7 Å². The van der Waals surface area contributed by atoms with Gasteiger partial charge in [-0.15, -0.1) is 0 Å². The van der Waals surface area contributed by atoms with Gasteiger partial charge in [-0.3, -0.25) is 5.32 Å². The second-order valence-electron chi connectivity index (χ2n) is 18.4. The zero-order valence-corrected chi connectivity index (χ0v) is 40.6. The predicted molar refractivity (Wildman–Crippen MR) is 261 cm³/mol. The first-order chi connectivity index (χ1) is 28.0. The van der Waals surface area contributed by atoms with Crippen LogP contribution in [-0.4, -0.2) is 76.2 Å². The lowest BCUT2D eigenvalue weighted by Gasteiger charge is -2.36. The van der Waals surface area contributed by atoms with Gasteiger partial charge in [-0.25, -0.2) is 14.8 Å². The molecule has 61 heavy (non-hydrogen) atoms. The van der Waals surface area contributed by atoms with E-state index in [1.807, 2.05) is 60.7 Å². The van der Waals surface area contributed by atoms with E-state index >= 15 is 0 Å². The van der Waals surface area contributed by atoms with Crippen molar-refractivity contribution in [1.29, 1.82) is 0 Å². The molecule has 0 radical (unpaired) electrons. The van der Waals surface area contributed by atoms with Crippen molar-refractivity contribution in [3.63, 3.8) is 0 Å². The minimum absolute atomic E-state index is 0. The Labute approximate surface area is 377 Å². The maximum Gasteiger partial charge on any atom is 0.413 e. The zero-order chi connectivity index (χ0) is 44.3. The molecule has 0 atom stereocenters. The van der Waals surface area contributed by atoms with Gasteiger partial charge in [0.05, 0.1) is 18.5 Å². The molecule has 0 bridgehead atoms. The van der Waals surface area contributed by atoms with E-state index in [-0.39, 0.29) is 29.7 Å². The van der Waals surface area contributed by atoms with Gasteiger partial charge in [0.1, 0.15) is 29.2 Å². The number of carbonyl (C=O) groups is 1. The summed E-state index contributed by atoms with van der Waals surface area (Å²) in [4.78, 5) is 25.2. The number of nitrogens with one attached hydrogen (secondary N) is 1. The number of ether oxygens (including phenoxy) is 1. The van der Waals surface area contributed by atoms with Crippen LogP contribution in [0.25, 0.3) is 0 Å². The summed E-state index contributed by atoms with van der Waals surface area (Å²) >= 11 is 11.8. The summed E-state index contributed by atoms with van der Waals surface area (Å²) in [6.07, 6.45) is 5.94. The van der Waals surface area contributed by atoms with Crippen LogP contribution in [0.4, 0.5) is 27.8 Å². The van der Waals surface area contributed by atoms with Crippen LogP contribution in [0, 0.1) is 0 Å². The standard InChI is InChI=1S/C23H32ClN3O3Si.C11H14ClNO.C11H20N2OSi.CH4/c1-23(2,3)31(4,5)30-20-10-11-21(25-16-20)26-22(28)29-19-12-14-27(15-13-19)18-8-6-17(24)7-9-18;12-9-1-3-10(4-2-9)13-7-5-11(14)6-8-13;1-11(2,3)15(4,5)14-9-6-7-10(12)13-8-9;/h6-11,16,19H,12-15H2,1-5H3,(H,25,26,28);1-4,11,14H,5-8H2;6-8H,1-5H3,(H2,12,13);1H4. The summed E-state index contributed by atoms with van der Waals surface area (Å²) in [7, 11) is -3.66. The number of anilines is 4. The highest BCUT2D eigenvalue weighted by molar-refractivity contribution is 6.75. The number of aliphatic hydroxyl groups is 1. The SMILES string of the molecule is C.CC(C)(C)[Si](C)(C)Oc1ccc(N)nc1.CC(C)(C)[Si](C)(C)Oc1ccc(NC(=O)OC2CCN(c3ccc(Cl)cc3)CC2)nc1.OC1CCN(c2ccc(Cl)cc2)CC1. The van der Waals surface area contributed by atoms with Gasteiger partial charge >= 0.3 is 6.09 Å². The monoisotopic (exact) mass is 912 g/mol. The largest absolute Gasteiger partial charge is 0.542 e. The minimum Gasteiger partial charge on any atom is -0.542 e. The molecule has 4 aromatic rings. The predicted octanol–water partition coefficient (Wildman–Crippen LogP) is 12.3. The van der Waals surface area contributed by atoms with Crippen molar-refractivity contribution in [2.45, 2.75) is 123 Å². The summed E-state index contributed by atoms with van der Waals surface area (Å²) in [5, 5.41) is 13.9. The van der Waals surface area contributed by atoms with Crippen molar-refractivity contribution >= 4 is 68.9 Å². The van der Waals surface area contributed by atoms with Crippen molar-refractivity contribution in [1.82, 2.24) is 9.97 Å². The first-order valence-corrected chi connectivity index (χ1v) is 27.3. The third-order valence-electron chi connectivity index (χ3n) is 11.6. The maximum atomic E-state index is 12.3. The normalized spacial score (nSPS) is 15.2. The van der Waals surface area contributed by atoms with E-state index in [4.69, 9.17) is 42.5 Å². The fourth-order valence-corrected chi connectivity index (χ4v) is 8.09. The van der Waals surface area contributed by atoms with Crippen LogP contribution in [0.1, 0.15) is 74.7 Å². The van der Waals surface area contributed by atoms with Gasteiger partial charge in [0.25, 0.3) is 16.6 Å². The Morgan fingerprint density at radius 2 is 1.10 bits per heavy atom. The Hall–Kier alpha value is -4.02. The third-order valence-corrected chi connectivity index (χ3v) is 20.9. The maximum absolute atomic E-state index is 12.3. The van der Waals surface area contributed by atoms with Crippen LogP contribution >= 0.6 is 23.2 Å². The Kier molecular flexibility index (Phi) is 18.8. The first-order valence-electron chi connectivity index (χ1n) is 20.7. The molecular formula is C46H70Cl2N6O5Si2. The number of nitrogens with zero attached hydrogens (tertiary/aromatic N) is 4. The van der Waals surface area contributed by atoms with E-state index in [2.05, 4.69) is 92.8 Å². The average molecular weight is 914 g/mol. The smallest absolute Gasteiger partial charge is 0.413 e. The van der Waals surface area contributed by atoms with Gasteiger partial charge in [0.15, 0.2) is 0 Å². The molecule has 2 saturated heterocycles. The molecule has 0 aliphatic carbocycles. The highest BCUT2D eigenvalue weighted by Gasteiger charge is 2.40. The number of halogens is 2. The average Bonchev–Trinajstić information content (AvgIpc) is 3.17. The molecule has 2 aliphatic heterocycles. The molecule has 4 N–H and O–H groups in total. The molecular weight excluding hydrogens is 844 g/mol. The number of benzene rings is 2. The Balaban J connectivity index is 0.000000275. The number of hydrogen-bond acceptors (Lipinski definition) is 10. The molecule has 11 nitrogen and oxygen atoms in total. The number of piperidine rings is 2. The minimum atomic E-state index is -1.92. The highest BCUT2D eigenvalue weighted by Crippen LogP contribution is 2.38. The fraction of sp³-hybridized carbons (Fsp3) is 0.500. The van der Waals surface area contributed by atoms with E-state index in [0.717, 1.165) is 79.1 Å². The van der Waals surface area contributed by atoms with Crippen LogP contribution in [0.3, 0.4) is 0 Å². The lowest BCUT2D eigenvalue weighted by molar-refractivity contribution is 0.0950. The van der Waals surface area contributed by atoms with E-state index in [1.165, 1.54) is 5.69 Å². The Bertz CT molecular complexity index is 1910. The molecule has 0 spiro atoms. The number of amides is 1. The highest BCUT2D eigenvalue weighted by atomic mass is 35.5. The molecule has 1 amide bonds. The number of aliphatic hydroxyl groups excluding tert-OH is 1. The molecule has 6 rings (SSSR count). The van der Waals surface area contributed by atoms with Crippen molar-refractivity contribution in [2.24, 2.45) is 0 Å².